The van der Waals surface area contributed by atoms with Crippen LogP contribution in [0, 0.1) is 0 Å². The van der Waals surface area contributed by atoms with Gasteiger partial charge in [0.2, 0.25) is 0 Å². The highest BCUT2D eigenvalue weighted by Gasteiger charge is 2.08. The molecule has 5 heteroatoms. The number of hydrogen-bond donors (Lipinski definition) is 1. The molecule has 0 aliphatic carbocycles. The van der Waals surface area contributed by atoms with Crippen molar-refractivity contribution in [3.8, 4) is 11.3 Å². The zero-order chi connectivity index (χ0) is 13.7. The summed E-state index contributed by atoms with van der Waals surface area (Å²) in [7, 11) is 1.91. The first kappa shape index (κ1) is 11.0. The van der Waals surface area contributed by atoms with E-state index >= 15 is 0 Å². The monoisotopic (exact) mass is 264 g/mol. The molecule has 4 aromatic rings. The van der Waals surface area contributed by atoms with Gasteiger partial charge >= 0.3 is 0 Å². The van der Waals surface area contributed by atoms with E-state index in [1.165, 1.54) is 0 Å². The largest absolute Gasteiger partial charge is 0.326 e. The van der Waals surface area contributed by atoms with Crippen molar-refractivity contribution in [3.63, 3.8) is 0 Å². The maximum atomic E-state index is 11.7. The molecule has 0 radical (unpaired) electrons. The summed E-state index contributed by atoms with van der Waals surface area (Å²) in [5.41, 5.74) is 3.60. The van der Waals surface area contributed by atoms with Gasteiger partial charge in [-0.25, -0.2) is 0 Å². The van der Waals surface area contributed by atoms with Crippen LogP contribution < -0.4 is 5.56 Å². The van der Waals surface area contributed by atoms with Crippen molar-refractivity contribution in [2.75, 3.05) is 0 Å². The van der Waals surface area contributed by atoms with Gasteiger partial charge in [0.1, 0.15) is 5.52 Å². The van der Waals surface area contributed by atoms with Crippen LogP contribution in [0.2, 0.25) is 0 Å². The fourth-order valence-electron chi connectivity index (χ4n) is 2.60. The Balaban J connectivity index is 2.00. The molecule has 0 amide bonds. The lowest BCUT2D eigenvalue weighted by Crippen LogP contribution is -2.07. The number of aryl methyl sites for hydroxylation is 1. The molecule has 98 valence electrons. The summed E-state index contributed by atoms with van der Waals surface area (Å²) in [5.74, 6) is 0. The summed E-state index contributed by atoms with van der Waals surface area (Å²) in [4.78, 5) is 14.4. The summed E-state index contributed by atoms with van der Waals surface area (Å²) >= 11 is 0. The molecule has 3 aromatic heterocycles. The normalized spacial score (nSPS) is 11.4. The van der Waals surface area contributed by atoms with E-state index in [1.807, 2.05) is 48.1 Å². The standard InChI is InChI=1S/C15H12N4O/c1-18-9-11-8-10(2-3-12(11)17-18)13-4-5-14-15(20)16-6-7-19(13)14/h2-9H,1H3,(H,16,20). The molecule has 3 heterocycles. The lowest BCUT2D eigenvalue weighted by atomic mass is 10.1. The van der Waals surface area contributed by atoms with Crippen molar-refractivity contribution in [1.82, 2.24) is 19.2 Å². The highest BCUT2D eigenvalue weighted by molar-refractivity contribution is 5.84. The molecule has 0 aliphatic heterocycles. The fraction of sp³-hybridized carbons (Fsp3) is 0.0667. The van der Waals surface area contributed by atoms with Gasteiger partial charge in [0.15, 0.2) is 0 Å². The zero-order valence-electron chi connectivity index (χ0n) is 10.9. The maximum absolute atomic E-state index is 11.7. The molecule has 1 N–H and O–H groups in total. The van der Waals surface area contributed by atoms with Crippen LogP contribution in [0.3, 0.4) is 0 Å². The van der Waals surface area contributed by atoms with E-state index in [0.29, 0.717) is 5.52 Å². The molecular weight excluding hydrogens is 252 g/mol. The van der Waals surface area contributed by atoms with Crippen LogP contribution >= 0.6 is 0 Å². The Kier molecular flexibility index (Phi) is 2.12. The Morgan fingerprint density at radius 1 is 1.20 bits per heavy atom. The third-order valence-electron chi connectivity index (χ3n) is 3.50. The van der Waals surface area contributed by atoms with Crippen LogP contribution in [0.25, 0.3) is 27.7 Å². The zero-order valence-corrected chi connectivity index (χ0v) is 10.9. The molecule has 0 saturated carbocycles. The van der Waals surface area contributed by atoms with Gasteiger partial charge in [-0.15, -0.1) is 0 Å². The average molecular weight is 264 g/mol. The molecule has 0 saturated heterocycles. The van der Waals surface area contributed by atoms with Gasteiger partial charge in [-0.2, -0.15) is 5.10 Å². The third-order valence-corrected chi connectivity index (χ3v) is 3.50. The van der Waals surface area contributed by atoms with E-state index in [4.69, 9.17) is 0 Å². The first-order valence-electron chi connectivity index (χ1n) is 6.35. The van der Waals surface area contributed by atoms with Gasteiger partial charge in [0.05, 0.1) is 11.2 Å². The van der Waals surface area contributed by atoms with Crippen LogP contribution in [0.5, 0.6) is 0 Å². The first-order chi connectivity index (χ1) is 9.72. The quantitative estimate of drug-likeness (QED) is 0.573. The molecule has 5 nitrogen and oxygen atoms in total. The van der Waals surface area contributed by atoms with E-state index in [2.05, 4.69) is 16.1 Å². The van der Waals surface area contributed by atoms with E-state index in [-0.39, 0.29) is 5.56 Å². The molecule has 0 atom stereocenters. The lowest BCUT2D eigenvalue weighted by Gasteiger charge is -2.02. The van der Waals surface area contributed by atoms with Crippen LogP contribution in [-0.4, -0.2) is 19.2 Å². The van der Waals surface area contributed by atoms with E-state index in [0.717, 1.165) is 22.2 Å². The second-order valence-electron chi connectivity index (χ2n) is 4.84. The van der Waals surface area contributed by atoms with Crippen molar-refractivity contribution in [1.29, 1.82) is 0 Å². The van der Waals surface area contributed by atoms with Gasteiger partial charge in [-0.05, 0) is 29.8 Å². The van der Waals surface area contributed by atoms with Gasteiger partial charge in [-0.1, -0.05) is 6.07 Å². The summed E-state index contributed by atoms with van der Waals surface area (Å²) in [5, 5.41) is 5.45. The van der Waals surface area contributed by atoms with Gasteiger partial charge in [0, 0.05) is 31.0 Å². The number of nitrogens with zero attached hydrogens (tertiary/aromatic N) is 3. The highest BCUT2D eigenvalue weighted by Crippen LogP contribution is 2.24. The molecule has 4 rings (SSSR count). The summed E-state index contributed by atoms with van der Waals surface area (Å²) in [6.45, 7) is 0. The molecule has 0 unspecified atom stereocenters. The van der Waals surface area contributed by atoms with Crippen molar-refractivity contribution in [2.45, 2.75) is 0 Å². The second kappa shape index (κ2) is 3.84. The number of hydrogen-bond acceptors (Lipinski definition) is 2. The van der Waals surface area contributed by atoms with Crippen LogP contribution in [0.1, 0.15) is 0 Å². The number of nitrogens with one attached hydrogen (secondary N) is 1. The smallest absolute Gasteiger partial charge is 0.272 e. The lowest BCUT2D eigenvalue weighted by molar-refractivity contribution is 0.780. The number of aromatic amines is 1. The molecular formula is C15H12N4O. The van der Waals surface area contributed by atoms with Crippen LogP contribution in [0.15, 0.2) is 53.7 Å². The van der Waals surface area contributed by atoms with Crippen molar-refractivity contribution in [3.05, 3.63) is 59.3 Å². The van der Waals surface area contributed by atoms with Crippen molar-refractivity contribution < 1.29 is 0 Å². The Morgan fingerprint density at radius 2 is 2.10 bits per heavy atom. The Hall–Kier alpha value is -2.82. The van der Waals surface area contributed by atoms with E-state index in [9.17, 15) is 4.79 Å². The molecule has 0 aliphatic rings. The molecule has 1 aromatic carbocycles. The Labute approximate surface area is 114 Å². The molecule has 0 bridgehead atoms. The van der Waals surface area contributed by atoms with E-state index < -0.39 is 0 Å². The average Bonchev–Trinajstić information content (AvgIpc) is 3.00. The van der Waals surface area contributed by atoms with Crippen molar-refractivity contribution in [2.24, 2.45) is 7.05 Å². The predicted octanol–water partition coefficient (Wildman–Crippen LogP) is 2.18. The Morgan fingerprint density at radius 3 is 3.00 bits per heavy atom. The SMILES string of the molecule is Cn1cc2cc(-c3ccc4c(=O)[nH]ccn34)ccc2n1. The van der Waals surface area contributed by atoms with E-state index in [1.54, 1.807) is 10.9 Å². The van der Waals surface area contributed by atoms with Gasteiger partial charge in [-0.3, -0.25) is 9.48 Å². The van der Waals surface area contributed by atoms with Gasteiger partial charge in [0.25, 0.3) is 5.56 Å². The molecule has 0 spiro atoms. The topological polar surface area (TPSA) is 55.1 Å². The maximum Gasteiger partial charge on any atom is 0.272 e. The second-order valence-corrected chi connectivity index (χ2v) is 4.84. The minimum atomic E-state index is -0.0822. The number of benzene rings is 1. The van der Waals surface area contributed by atoms with Crippen LogP contribution in [-0.2, 0) is 7.05 Å². The highest BCUT2D eigenvalue weighted by atomic mass is 16.1. The minimum absolute atomic E-state index is 0.0822. The number of aromatic nitrogens is 4. The predicted molar refractivity (Wildman–Crippen MR) is 77.7 cm³/mol. The first-order valence-corrected chi connectivity index (χ1v) is 6.35. The summed E-state index contributed by atoms with van der Waals surface area (Å²) in [6, 6.07) is 9.91. The Bertz CT molecular complexity index is 990. The summed E-state index contributed by atoms with van der Waals surface area (Å²) in [6.07, 6.45) is 5.50. The summed E-state index contributed by atoms with van der Waals surface area (Å²) < 4.78 is 3.70. The number of H-pyrrole nitrogens is 1. The fourth-order valence-corrected chi connectivity index (χ4v) is 2.60. The molecule has 20 heavy (non-hydrogen) atoms. The third kappa shape index (κ3) is 1.50. The number of rotatable bonds is 1. The molecule has 0 fully saturated rings. The van der Waals surface area contributed by atoms with Crippen LogP contribution in [0.4, 0.5) is 0 Å². The van der Waals surface area contributed by atoms with Gasteiger partial charge < -0.3 is 9.38 Å². The minimum Gasteiger partial charge on any atom is -0.326 e. The number of fused-ring (bicyclic) bond motifs is 2. The van der Waals surface area contributed by atoms with Crippen molar-refractivity contribution >= 4 is 16.4 Å².